The Kier molecular flexibility index (Phi) is 6.85. The van der Waals surface area contributed by atoms with Crippen LogP contribution in [0.4, 0.5) is 8.78 Å². The lowest BCUT2D eigenvalue weighted by atomic mass is 9.79. The van der Waals surface area contributed by atoms with Gasteiger partial charge in [-0.15, -0.1) is 12.4 Å². The van der Waals surface area contributed by atoms with Gasteiger partial charge in [-0.3, -0.25) is 15.0 Å². The lowest BCUT2D eigenvalue weighted by Crippen LogP contribution is -2.59. The predicted molar refractivity (Wildman–Crippen MR) is 92.9 cm³/mol. The van der Waals surface area contributed by atoms with E-state index in [1.165, 1.54) is 38.5 Å². The molecule has 4 nitrogen and oxygen atoms in total. The molecule has 3 aliphatic rings. The van der Waals surface area contributed by atoms with Gasteiger partial charge < -0.3 is 5.32 Å². The molecule has 0 aromatic carbocycles. The van der Waals surface area contributed by atoms with Crippen LogP contribution in [-0.4, -0.2) is 54.5 Å². The standard InChI is InChI=1S/C17H29F2N3O.ClH/c18-17(19)11-14(20-13-17)15(23)21-12-16(7-3-1-4-8-16)22-9-5-2-6-10-22;/h14,20H,1-13H2,(H,21,23);1H. The molecule has 0 radical (unpaired) electrons. The summed E-state index contributed by atoms with van der Waals surface area (Å²) in [6, 6.07) is -0.744. The summed E-state index contributed by atoms with van der Waals surface area (Å²) in [4.78, 5) is 14.8. The first kappa shape index (κ1) is 19.9. The van der Waals surface area contributed by atoms with Crippen LogP contribution >= 0.6 is 12.4 Å². The highest BCUT2D eigenvalue weighted by atomic mass is 35.5. The topological polar surface area (TPSA) is 44.4 Å². The highest BCUT2D eigenvalue weighted by molar-refractivity contribution is 5.85. The molecule has 2 heterocycles. The molecule has 0 aromatic rings. The third kappa shape index (κ3) is 4.58. The van der Waals surface area contributed by atoms with Crippen LogP contribution < -0.4 is 10.6 Å². The zero-order valence-corrected chi connectivity index (χ0v) is 15.1. The van der Waals surface area contributed by atoms with Gasteiger partial charge in [-0.25, -0.2) is 8.78 Å². The molecule has 1 amide bonds. The number of likely N-dealkylation sites (tertiary alicyclic amines) is 1. The number of piperidine rings is 1. The van der Waals surface area contributed by atoms with Crippen molar-refractivity contribution in [1.82, 2.24) is 15.5 Å². The van der Waals surface area contributed by atoms with Gasteiger partial charge in [0.2, 0.25) is 5.91 Å². The Morgan fingerprint density at radius 2 is 1.71 bits per heavy atom. The molecule has 2 aliphatic heterocycles. The number of halogens is 3. The smallest absolute Gasteiger partial charge is 0.262 e. The lowest BCUT2D eigenvalue weighted by molar-refractivity contribution is -0.124. The van der Waals surface area contributed by atoms with Crippen molar-refractivity contribution in [2.75, 3.05) is 26.2 Å². The Balaban J connectivity index is 0.00000208. The molecular formula is C17H30ClF2N3O. The molecule has 0 spiro atoms. The Hall–Kier alpha value is -0.460. The Labute approximate surface area is 149 Å². The van der Waals surface area contributed by atoms with Gasteiger partial charge in [0.05, 0.1) is 12.6 Å². The average Bonchev–Trinajstić information content (AvgIpc) is 2.94. The summed E-state index contributed by atoms with van der Waals surface area (Å²) in [5, 5.41) is 5.64. The minimum Gasteiger partial charge on any atom is -0.353 e. The summed E-state index contributed by atoms with van der Waals surface area (Å²) < 4.78 is 26.5. The minimum absolute atomic E-state index is 0. The van der Waals surface area contributed by atoms with E-state index in [0.717, 1.165) is 25.9 Å². The number of nitrogens with one attached hydrogen (secondary N) is 2. The number of hydrogen-bond donors (Lipinski definition) is 2. The molecule has 3 fully saturated rings. The van der Waals surface area contributed by atoms with E-state index in [-0.39, 0.29) is 36.8 Å². The van der Waals surface area contributed by atoms with Crippen LogP contribution in [0.15, 0.2) is 0 Å². The van der Waals surface area contributed by atoms with Gasteiger partial charge in [0, 0.05) is 18.5 Å². The van der Waals surface area contributed by atoms with Gasteiger partial charge in [0.1, 0.15) is 0 Å². The van der Waals surface area contributed by atoms with Crippen LogP contribution in [0.25, 0.3) is 0 Å². The molecule has 3 rings (SSSR count). The highest BCUT2D eigenvalue weighted by Crippen LogP contribution is 2.35. The van der Waals surface area contributed by atoms with Gasteiger partial charge in [0.25, 0.3) is 5.92 Å². The number of hydrogen-bond acceptors (Lipinski definition) is 3. The van der Waals surface area contributed by atoms with Crippen molar-refractivity contribution in [2.24, 2.45) is 0 Å². The molecule has 7 heteroatoms. The van der Waals surface area contributed by atoms with E-state index in [9.17, 15) is 13.6 Å². The van der Waals surface area contributed by atoms with Crippen LogP contribution in [0.3, 0.4) is 0 Å². The van der Waals surface area contributed by atoms with Crippen molar-refractivity contribution >= 4 is 18.3 Å². The van der Waals surface area contributed by atoms with Gasteiger partial charge >= 0.3 is 0 Å². The van der Waals surface area contributed by atoms with Crippen LogP contribution in [0.1, 0.15) is 57.8 Å². The molecule has 1 aliphatic carbocycles. The maximum atomic E-state index is 13.3. The van der Waals surface area contributed by atoms with Crippen molar-refractivity contribution in [2.45, 2.75) is 75.3 Å². The average molecular weight is 366 g/mol. The predicted octanol–water partition coefficient (Wildman–Crippen LogP) is 2.71. The van der Waals surface area contributed by atoms with Crippen LogP contribution in [0, 0.1) is 0 Å². The SMILES string of the molecule is Cl.O=C(NCC1(N2CCCCC2)CCCCC1)C1CC(F)(F)CN1. The second-order valence-electron chi connectivity index (χ2n) is 7.54. The highest BCUT2D eigenvalue weighted by Gasteiger charge is 2.43. The molecule has 2 N–H and O–H groups in total. The Morgan fingerprint density at radius 1 is 1.08 bits per heavy atom. The zero-order valence-electron chi connectivity index (χ0n) is 14.3. The number of alkyl halides is 2. The summed E-state index contributed by atoms with van der Waals surface area (Å²) in [5.74, 6) is -3.01. The number of carbonyl (C=O) groups excluding carboxylic acids is 1. The number of carbonyl (C=O) groups is 1. The molecular weight excluding hydrogens is 336 g/mol. The van der Waals surface area contributed by atoms with E-state index in [4.69, 9.17) is 0 Å². The third-order valence-electron chi connectivity index (χ3n) is 5.83. The monoisotopic (exact) mass is 365 g/mol. The molecule has 1 saturated carbocycles. The van der Waals surface area contributed by atoms with Crippen molar-refractivity contribution in [3.8, 4) is 0 Å². The van der Waals surface area contributed by atoms with Crippen molar-refractivity contribution in [1.29, 1.82) is 0 Å². The van der Waals surface area contributed by atoms with Crippen molar-refractivity contribution < 1.29 is 13.6 Å². The number of amides is 1. The van der Waals surface area contributed by atoms with Crippen molar-refractivity contribution in [3.63, 3.8) is 0 Å². The van der Waals surface area contributed by atoms with Gasteiger partial charge in [-0.1, -0.05) is 25.7 Å². The summed E-state index contributed by atoms with van der Waals surface area (Å²) in [7, 11) is 0. The first-order valence-electron chi connectivity index (χ1n) is 9.15. The molecule has 0 aromatic heterocycles. The number of rotatable bonds is 4. The second-order valence-corrected chi connectivity index (χ2v) is 7.54. The molecule has 140 valence electrons. The first-order chi connectivity index (χ1) is 11.0. The second kappa shape index (κ2) is 8.28. The quantitative estimate of drug-likeness (QED) is 0.805. The largest absolute Gasteiger partial charge is 0.353 e. The summed E-state index contributed by atoms with van der Waals surface area (Å²) >= 11 is 0. The minimum atomic E-state index is -2.75. The van der Waals surface area contributed by atoms with Crippen LogP contribution in [0.5, 0.6) is 0 Å². The van der Waals surface area contributed by atoms with E-state index in [1.54, 1.807) is 0 Å². The maximum Gasteiger partial charge on any atom is 0.262 e. The zero-order chi connectivity index (χ0) is 16.3. The molecule has 1 atom stereocenters. The van der Waals surface area contributed by atoms with E-state index >= 15 is 0 Å². The van der Waals surface area contributed by atoms with Gasteiger partial charge in [-0.05, 0) is 38.8 Å². The summed E-state index contributed by atoms with van der Waals surface area (Å²) in [6.07, 6.45) is 9.26. The van der Waals surface area contributed by atoms with E-state index in [1.807, 2.05) is 0 Å². The number of nitrogens with zero attached hydrogens (tertiary/aromatic N) is 1. The Morgan fingerprint density at radius 3 is 2.29 bits per heavy atom. The summed E-state index contributed by atoms with van der Waals surface area (Å²) in [5.41, 5.74) is 0.0510. The lowest BCUT2D eigenvalue weighted by Gasteiger charge is -2.48. The summed E-state index contributed by atoms with van der Waals surface area (Å²) in [6.45, 7) is 2.43. The maximum absolute atomic E-state index is 13.3. The van der Waals surface area contributed by atoms with Gasteiger partial charge in [-0.2, -0.15) is 0 Å². The van der Waals surface area contributed by atoms with Crippen LogP contribution in [-0.2, 0) is 4.79 Å². The van der Waals surface area contributed by atoms with Crippen LogP contribution in [0.2, 0.25) is 0 Å². The Bertz CT molecular complexity index is 424. The molecule has 24 heavy (non-hydrogen) atoms. The van der Waals surface area contributed by atoms with E-state index in [0.29, 0.717) is 6.54 Å². The van der Waals surface area contributed by atoms with Gasteiger partial charge in [0.15, 0.2) is 0 Å². The molecule has 2 saturated heterocycles. The molecule has 1 unspecified atom stereocenters. The normalized spacial score (nSPS) is 29.7. The van der Waals surface area contributed by atoms with E-state index < -0.39 is 12.0 Å². The first-order valence-corrected chi connectivity index (χ1v) is 9.15. The fourth-order valence-corrected chi connectivity index (χ4v) is 4.46. The molecule has 0 bridgehead atoms. The third-order valence-corrected chi connectivity index (χ3v) is 5.83. The van der Waals surface area contributed by atoms with Crippen molar-refractivity contribution in [3.05, 3.63) is 0 Å². The fraction of sp³-hybridized carbons (Fsp3) is 0.941. The van der Waals surface area contributed by atoms with E-state index in [2.05, 4.69) is 15.5 Å². The fourth-order valence-electron chi connectivity index (χ4n) is 4.46.